The van der Waals surface area contributed by atoms with Crippen molar-refractivity contribution in [3.05, 3.63) is 111 Å². The van der Waals surface area contributed by atoms with Gasteiger partial charge in [-0.2, -0.15) is 18.4 Å². The Kier molecular flexibility index (Phi) is 11.1. The Morgan fingerprint density at radius 1 is 1.04 bits per heavy atom. The molecule has 8 nitrogen and oxygen atoms in total. The van der Waals surface area contributed by atoms with Crippen molar-refractivity contribution < 1.29 is 27.8 Å². The molecule has 2 saturated heterocycles. The SMILES string of the molecule is COc1cc(/C=C/c2cccc(-c3cccc(NC(=O)c4ccc(CN5CC[C@@H](O)C5)cn4)c3C#N)c2Cl)c(C(F)(F)F)cc1CN1CCCC1. The van der Waals surface area contributed by atoms with E-state index in [2.05, 4.69) is 26.2 Å². The van der Waals surface area contributed by atoms with Crippen molar-refractivity contribution in [1.82, 2.24) is 14.8 Å². The Balaban J connectivity index is 1.24. The molecule has 0 spiro atoms. The molecule has 1 aromatic heterocycles. The predicted molar refractivity (Wildman–Crippen MR) is 191 cm³/mol. The number of hydrogen-bond donors (Lipinski definition) is 2. The predicted octanol–water partition coefficient (Wildman–Crippen LogP) is 7.89. The number of nitrogens with zero attached hydrogens (tertiary/aromatic N) is 4. The fourth-order valence-corrected chi connectivity index (χ4v) is 6.93. The largest absolute Gasteiger partial charge is 0.496 e. The highest BCUT2D eigenvalue weighted by molar-refractivity contribution is 6.35. The first-order valence-electron chi connectivity index (χ1n) is 16.7. The highest BCUT2D eigenvalue weighted by atomic mass is 35.5. The van der Waals surface area contributed by atoms with Crippen LogP contribution in [0, 0.1) is 11.3 Å². The Bertz CT molecular complexity index is 1970. The summed E-state index contributed by atoms with van der Waals surface area (Å²) in [5.74, 6) is -0.127. The molecule has 0 aliphatic carbocycles. The van der Waals surface area contributed by atoms with Crippen LogP contribution >= 0.6 is 11.6 Å². The van der Waals surface area contributed by atoms with E-state index in [0.29, 0.717) is 47.6 Å². The number of carbonyl (C=O) groups excluding carboxylic acids is 1. The van der Waals surface area contributed by atoms with Crippen LogP contribution in [0.2, 0.25) is 5.02 Å². The topological polar surface area (TPSA) is 102 Å². The van der Waals surface area contributed by atoms with Crippen LogP contribution in [0.5, 0.6) is 5.75 Å². The van der Waals surface area contributed by atoms with Gasteiger partial charge in [0.1, 0.15) is 17.5 Å². The second-order valence-electron chi connectivity index (χ2n) is 12.8. The molecule has 0 saturated carbocycles. The number of aliphatic hydroxyl groups is 1. The molecule has 1 amide bonds. The van der Waals surface area contributed by atoms with Crippen molar-refractivity contribution in [2.75, 3.05) is 38.6 Å². The highest BCUT2D eigenvalue weighted by Crippen LogP contribution is 2.39. The summed E-state index contributed by atoms with van der Waals surface area (Å²) in [6, 6.07) is 18.2. The molecule has 0 bridgehead atoms. The molecule has 0 unspecified atom stereocenters. The number of nitrogens with one attached hydrogen (secondary N) is 1. The second-order valence-corrected chi connectivity index (χ2v) is 13.2. The summed E-state index contributed by atoms with van der Waals surface area (Å²) in [4.78, 5) is 21.7. The lowest BCUT2D eigenvalue weighted by Gasteiger charge is -2.20. The van der Waals surface area contributed by atoms with Gasteiger partial charge in [0, 0.05) is 49.1 Å². The first-order valence-corrected chi connectivity index (χ1v) is 17.1. The molecule has 2 fully saturated rings. The molecular formula is C39H37ClF3N5O3. The quantitative estimate of drug-likeness (QED) is 0.161. The maximum Gasteiger partial charge on any atom is 0.417 e. The van der Waals surface area contributed by atoms with E-state index >= 15 is 0 Å². The molecular weight excluding hydrogens is 679 g/mol. The number of amides is 1. The third-order valence-corrected chi connectivity index (χ3v) is 9.67. The van der Waals surface area contributed by atoms with E-state index in [1.807, 2.05) is 6.07 Å². The van der Waals surface area contributed by atoms with Crippen LogP contribution in [-0.4, -0.2) is 65.2 Å². The van der Waals surface area contributed by atoms with Gasteiger partial charge in [0.05, 0.1) is 35.1 Å². The average Bonchev–Trinajstić information content (AvgIpc) is 3.79. The monoisotopic (exact) mass is 715 g/mol. The van der Waals surface area contributed by atoms with E-state index in [9.17, 15) is 28.3 Å². The zero-order valence-corrected chi connectivity index (χ0v) is 28.8. The summed E-state index contributed by atoms with van der Waals surface area (Å²) in [6.07, 6.45) is 2.33. The lowest BCUT2D eigenvalue weighted by Crippen LogP contribution is -2.21. The van der Waals surface area contributed by atoms with Gasteiger partial charge in [-0.05, 0) is 73.3 Å². The number of likely N-dealkylation sites (tertiary alicyclic amines) is 2. The van der Waals surface area contributed by atoms with Crippen LogP contribution in [0.15, 0.2) is 66.9 Å². The molecule has 0 radical (unpaired) electrons. The number of methoxy groups -OCH3 is 1. The van der Waals surface area contributed by atoms with Crippen molar-refractivity contribution in [3.8, 4) is 22.9 Å². The summed E-state index contributed by atoms with van der Waals surface area (Å²) >= 11 is 6.86. The zero-order valence-electron chi connectivity index (χ0n) is 28.0. The van der Waals surface area contributed by atoms with Crippen molar-refractivity contribution in [1.29, 1.82) is 5.26 Å². The number of halogens is 4. The molecule has 6 rings (SSSR count). The third kappa shape index (κ3) is 8.43. The molecule has 3 heterocycles. The van der Waals surface area contributed by atoms with Crippen LogP contribution in [0.25, 0.3) is 23.3 Å². The van der Waals surface area contributed by atoms with Crippen molar-refractivity contribution >= 4 is 35.3 Å². The summed E-state index contributed by atoms with van der Waals surface area (Å²) in [5.41, 5.74) is 2.48. The van der Waals surface area contributed by atoms with Crippen LogP contribution < -0.4 is 10.1 Å². The van der Waals surface area contributed by atoms with Gasteiger partial charge in [-0.15, -0.1) is 0 Å². The zero-order chi connectivity index (χ0) is 36.1. The minimum absolute atomic E-state index is 0.0649. The number of aromatic nitrogens is 1. The van der Waals surface area contributed by atoms with Gasteiger partial charge in [0.15, 0.2) is 0 Å². The van der Waals surface area contributed by atoms with E-state index in [4.69, 9.17) is 16.3 Å². The van der Waals surface area contributed by atoms with E-state index in [0.717, 1.165) is 44.5 Å². The number of carbonyl (C=O) groups is 1. The van der Waals surface area contributed by atoms with Gasteiger partial charge in [0.25, 0.3) is 5.91 Å². The van der Waals surface area contributed by atoms with E-state index in [1.165, 1.54) is 31.4 Å². The number of hydrogen-bond acceptors (Lipinski definition) is 7. The van der Waals surface area contributed by atoms with E-state index < -0.39 is 17.6 Å². The summed E-state index contributed by atoms with van der Waals surface area (Å²) in [7, 11) is 1.45. The number of aliphatic hydroxyl groups excluding tert-OH is 1. The van der Waals surface area contributed by atoms with Gasteiger partial charge >= 0.3 is 6.18 Å². The summed E-state index contributed by atoms with van der Waals surface area (Å²) in [6.45, 7) is 4.05. The van der Waals surface area contributed by atoms with Crippen molar-refractivity contribution in [2.45, 2.75) is 44.6 Å². The van der Waals surface area contributed by atoms with Gasteiger partial charge in [0.2, 0.25) is 0 Å². The summed E-state index contributed by atoms with van der Waals surface area (Å²) in [5, 5.41) is 23.0. The Morgan fingerprint density at radius 3 is 2.45 bits per heavy atom. The average molecular weight is 716 g/mol. The highest BCUT2D eigenvalue weighted by Gasteiger charge is 2.34. The summed E-state index contributed by atoms with van der Waals surface area (Å²) < 4.78 is 48.4. The molecule has 4 aromatic rings. The number of benzene rings is 3. The van der Waals surface area contributed by atoms with Crippen molar-refractivity contribution in [2.24, 2.45) is 0 Å². The van der Waals surface area contributed by atoms with Crippen LogP contribution in [0.3, 0.4) is 0 Å². The Morgan fingerprint density at radius 2 is 1.78 bits per heavy atom. The standard InChI is InChI=1S/C39H37ClF3N5O3/c1-51-36-19-27(33(39(41,42)43)18-28(36)23-47-15-2-3-16-47)12-11-26-6-4-8-31(37(26)40)30-7-5-9-34(32(30)20-44)46-38(50)35-13-10-25(21-45-35)22-48-17-14-29(49)24-48/h4-13,18-19,21,29,49H,2-3,14-17,22-24H2,1H3,(H,46,50)/b12-11+/t29-/m1/s1. The van der Waals surface area contributed by atoms with Crippen LogP contribution in [0.1, 0.15) is 63.1 Å². The number of nitriles is 1. The van der Waals surface area contributed by atoms with Gasteiger partial charge in [-0.3, -0.25) is 19.6 Å². The van der Waals surface area contributed by atoms with Gasteiger partial charge < -0.3 is 15.2 Å². The lowest BCUT2D eigenvalue weighted by atomic mass is 9.96. The van der Waals surface area contributed by atoms with Crippen LogP contribution in [0.4, 0.5) is 18.9 Å². The van der Waals surface area contributed by atoms with Gasteiger partial charge in [-0.25, -0.2) is 0 Å². The number of rotatable bonds is 10. The fourth-order valence-electron chi connectivity index (χ4n) is 6.64. The van der Waals surface area contributed by atoms with Crippen molar-refractivity contribution in [3.63, 3.8) is 0 Å². The third-order valence-electron chi connectivity index (χ3n) is 9.25. The molecule has 3 aromatic carbocycles. The van der Waals surface area contributed by atoms with E-state index in [1.54, 1.807) is 48.7 Å². The number of anilines is 1. The molecule has 1 atom stereocenters. The number of pyridine rings is 1. The lowest BCUT2D eigenvalue weighted by molar-refractivity contribution is -0.137. The Labute approximate surface area is 299 Å². The number of ether oxygens (including phenoxy) is 1. The number of alkyl halides is 3. The van der Waals surface area contributed by atoms with Crippen LogP contribution in [-0.2, 0) is 19.3 Å². The number of β-amino-alcohol motifs (C(OH)–C–C–N with tert-alkyl or cyclic N) is 1. The Hall–Kier alpha value is -4.73. The second kappa shape index (κ2) is 15.7. The smallest absolute Gasteiger partial charge is 0.417 e. The normalized spacial score (nSPS) is 16.8. The molecule has 264 valence electrons. The van der Waals surface area contributed by atoms with E-state index in [-0.39, 0.29) is 33.6 Å². The minimum Gasteiger partial charge on any atom is -0.496 e. The molecule has 51 heavy (non-hydrogen) atoms. The fraction of sp³-hybridized carbons (Fsp3) is 0.308. The molecule has 2 N–H and O–H groups in total. The molecule has 2 aliphatic heterocycles. The first-order chi connectivity index (χ1) is 24.5. The maximum atomic E-state index is 14.3. The molecule has 2 aliphatic rings. The van der Waals surface area contributed by atoms with Gasteiger partial charge in [-0.1, -0.05) is 60.2 Å². The maximum absolute atomic E-state index is 14.3. The first kappa shape index (κ1) is 36.1. The minimum atomic E-state index is -4.60. The molecule has 12 heteroatoms.